The molecule has 0 spiro atoms. The van der Waals surface area contributed by atoms with Gasteiger partial charge in [-0.05, 0) is 37.3 Å². The highest BCUT2D eigenvalue weighted by molar-refractivity contribution is 9.10. The summed E-state index contributed by atoms with van der Waals surface area (Å²) in [5.41, 5.74) is -0.456. The standard InChI is InChI=1S/C13H10BrF3O2/c1-7(18)11-4-5-12(19-11)9-6-8(13(15,16)17)2-3-10(9)14/h2-7,18H,1H3. The molecule has 2 nitrogen and oxygen atoms in total. The predicted octanol–water partition coefficient (Wildman–Crippen LogP) is 4.78. The number of aliphatic hydroxyl groups is 1. The molecule has 6 heteroatoms. The van der Waals surface area contributed by atoms with E-state index in [2.05, 4.69) is 15.9 Å². The van der Waals surface area contributed by atoms with Crippen molar-refractivity contribution in [2.24, 2.45) is 0 Å². The molecule has 0 fully saturated rings. The molecule has 19 heavy (non-hydrogen) atoms. The first-order chi connectivity index (χ1) is 8.79. The number of aliphatic hydroxyl groups excluding tert-OH is 1. The monoisotopic (exact) mass is 334 g/mol. The zero-order chi connectivity index (χ0) is 14.2. The van der Waals surface area contributed by atoms with Crippen LogP contribution in [-0.4, -0.2) is 5.11 Å². The van der Waals surface area contributed by atoms with Crippen LogP contribution in [-0.2, 0) is 6.18 Å². The quantitative estimate of drug-likeness (QED) is 0.857. The van der Waals surface area contributed by atoms with Crippen LogP contribution in [0, 0.1) is 0 Å². The minimum atomic E-state index is -4.41. The van der Waals surface area contributed by atoms with Gasteiger partial charge >= 0.3 is 6.18 Å². The summed E-state index contributed by atoms with van der Waals surface area (Å²) < 4.78 is 43.8. The van der Waals surface area contributed by atoms with E-state index in [0.717, 1.165) is 12.1 Å². The average molecular weight is 335 g/mol. The summed E-state index contributed by atoms with van der Waals surface area (Å²) >= 11 is 3.19. The molecule has 1 N–H and O–H groups in total. The minimum absolute atomic E-state index is 0.272. The number of rotatable bonds is 2. The highest BCUT2D eigenvalue weighted by Crippen LogP contribution is 2.37. The lowest BCUT2D eigenvalue weighted by Crippen LogP contribution is -2.04. The molecular formula is C13H10BrF3O2. The fraction of sp³-hybridized carbons (Fsp3) is 0.231. The molecule has 1 aromatic heterocycles. The highest BCUT2D eigenvalue weighted by atomic mass is 79.9. The van der Waals surface area contributed by atoms with Gasteiger partial charge in [0.05, 0.1) is 5.56 Å². The average Bonchev–Trinajstić information content (AvgIpc) is 2.77. The van der Waals surface area contributed by atoms with E-state index in [4.69, 9.17) is 4.42 Å². The van der Waals surface area contributed by atoms with E-state index in [9.17, 15) is 18.3 Å². The number of halogens is 4. The molecule has 0 radical (unpaired) electrons. The lowest BCUT2D eigenvalue weighted by molar-refractivity contribution is -0.137. The van der Waals surface area contributed by atoms with Crippen LogP contribution in [0.15, 0.2) is 39.2 Å². The van der Waals surface area contributed by atoms with Crippen LogP contribution in [0.2, 0.25) is 0 Å². The van der Waals surface area contributed by atoms with Crippen LogP contribution in [0.25, 0.3) is 11.3 Å². The first kappa shape index (κ1) is 14.1. The van der Waals surface area contributed by atoms with Gasteiger partial charge in [-0.15, -0.1) is 0 Å². The lowest BCUT2D eigenvalue weighted by Gasteiger charge is -2.09. The first-order valence-corrected chi connectivity index (χ1v) is 6.23. The molecule has 1 atom stereocenters. The minimum Gasteiger partial charge on any atom is -0.458 e. The van der Waals surface area contributed by atoms with E-state index in [0.29, 0.717) is 15.8 Å². The fourth-order valence-corrected chi connectivity index (χ4v) is 2.05. The van der Waals surface area contributed by atoms with Crippen molar-refractivity contribution in [1.29, 1.82) is 0 Å². The summed E-state index contributed by atoms with van der Waals surface area (Å²) in [6.45, 7) is 1.52. The van der Waals surface area contributed by atoms with Crippen LogP contribution >= 0.6 is 15.9 Å². The normalized spacial score (nSPS) is 13.6. The van der Waals surface area contributed by atoms with Crippen molar-refractivity contribution in [2.45, 2.75) is 19.2 Å². The molecule has 1 aromatic carbocycles. The third kappa shape index (κ3) is 3.01. The zero-order valence-electron chi connectivity index (χ0n) is 9.83. The summed E-state index contributed by atoms with van der Waals surface area (Å²) in [7, 11) is 0. The van der Waals surface area contributed by atoms with Crippen molar-refractivity contribution >= 4 is 15.9 Å². The van der Waals surface area contributed by atoms with Gasteiger partial charge in [-0.25, -0.2) is 0 Å². The van der Waals surface area contributed by atoms with Crippen molar-refractivity contribution < 1.29 is 22.7 Å². The predicted molar refractivity (Wildman–Crippen MR) is 67.5 cm³/mol. The maximum atomic E-state index is 12.7. The van der Waals surface area contributed by atoms with Gasteiger partial charge in [0.25, 0.3) is 0 Å². The first-order valence-electron chi connectivity index (χ1n) is 5.44. The highest BCUT2D eigenvalue weighted by Gasteiger charge is 2.31. The number of hydrogen-bond donors (Lipinski definition) is 1. The Morgan fingerprint density at radius 3 is 2.42 bits per heavy atom. The molecule has 0 saturated carbocycles. The van der Waals surface area contributed by atoms with Gasteiger partial charge < -0.3 is 9.52 Å². The number of furan rings is 1. The molecule has 0 amide bonds. The van der Waals surface area contributed by atoms with Crippen molar-refractivity contribution in [3.63, 3.8) is 0 Å². The second kappa shape index (κ2) is 5.02. The van der Waals surface area contributed by atoms with Gasteiger partial charge in [0, 0.05) is 10.0 Å². The Hall–Kier alpha value is -1.27. The Morgan fingerprint density at radius 2 is 1.89 bits per heavy atom. The van der Waals surface area contributed by atoms with Gasteiger partial charge in [-0.2, -0.15) is 13.2 Å². The Balaban J connectivity index is 2.48. The molecule has 102 valence electrons. The molecule has 0 aliphatic carbocycles. The summed E-state index contributed by atoms with van der Waals surface area (Å²) in [5, 5.41) is 9.35. The summed E-state index contributed by atoms with van der Waals surface area (Å²) in [5.74, 6) is 0.577. The van der Waals surface area contributed by atoms with Crippen molar-refractivity contribution in [2.75, 3.05) is 0 Å². The Bertz CT molecular complexity index is 588. The second-order valence-electron chi connectivity index (χ2n) is 4.07. The molecule has 2 aromatic rings. The Kier molecular flexibility index (Phi) is 3.73. The second-order valence-corrected chi connectivity index (χ2v) is 4.92. The van der Waals surface area contributed by atoms with Crippen LogP contribution in [0.3, 0.4) is 0 Å². The molecular weight excluding hydrogens is 325 g/mol. The van der Waals surface area contributed by atoms with Crippen LogP contribution in [0.5, 0.6) is 0 Å². The van der Waals surface area contributed by atoms with E-state index in [1.165, 1.54) is 25.1 Å². The smallest absolute Gasteiger partial charge is 0.416 e. The topological polar surface area (TPSA) is 33.4 Å². The fourth-order valence-electron chi connectivity index (χ4n) is 1.61. The van der Waals surface area contributed by atoms with Crippen LogP contribution < -0.4 is 0 Å². The van der Waals surface area contributed by atoms with Crippen molar-refractivity contribution in [1.82, 2.24) is 0 Å². The maximum Gasteiger partial charge on any atom is 0.416 e. The van der Waals surface area contributed by atoms with Gasteiger partial charge in [-0.3, -0.25) is 0 Å². The summed E-state index contributed by atoms with van der Waals surface area (Å²) in [6, 6.07) is 6.39. The van der Waals surface area contributed by atoms with Gasteiger partial charge in [0.1, 0.15) is 17.6 Å². The molecule has 0 aliphatic rings. The third-order valence-corrected chi connectivity index (χ3v) is 3.29. The van der Waals surface area contributed by atoms with Crippen LogP contribution in [0.4, 0.5) is 13.2 Å². The van der Waals surface area contributed by atoms with Crippen molar-refractivity contribution in [3.05, 3.63) is 46.1 Å². The summed E-state index contributed by atoms with van der Waals surface area (Å²) in [6.07, 6.45) is -5.21. The number of alkyl halides is 3. The van der Waals surface area contributed by atoms with E-state index >= 15 is 0 Å². The lowest BCUT2D eigenvalue weighted by atomic mass is 10.1. The van der Waals surface area contributed by atoms with E-state index in [-0.39, 0.29) is 5.76 Å². The maximum absolute atomic E-state index is 12.7. The van der Waals surface area contributed by atoms with Gasteiger partial charge in [0.15, 0.2) is 0 Å². The third-order valence-electron chi connectivity index (χ3n) is 2.60. The summed E-state index contributed by atoms with van der Waals surface area (Å²) in [4.78, 5) is 0. The zero-order valence-corrected chi connectivity index (χ0v) is 11.4. The molecule has 0 saturated heterocycles. The Morgan fingerprint density at radius 1 is 1.21 bits per heavy atom. The van der Waals surface area contributed by atoms with E-state index < -0.39 is 17.8 Å². The number of benzene rings is 1. The molecule has 1 unspecified atom stereocenters. The van der Waals surface area contributed by atoms with E-state index in [1.807, 2.05) is 0 Å². The van der Waals surface area contributed by atoms with Gasteiger partial charge in [-0.1, -0.05) is 15.9 Å². The van der Waals surface area contributed by atoms with Crippen molar-refractivity contribution in [3.8, 4) is 11.3 Å². The van der Waals surface area contributed by atoms with Gasteiger partial charge in [0.2, 0.25) is 0 Å². The largest absolute Gasteiger partial charge is 0.458 e. The number of hydrogen-bond acceptors (Lipinski definition) is 2. The molecule has 1 heterocycles. The molecule has 0 bridgehead atoms. The van der Waals surface area contributed by atoms with Crippen LogP contribution in [0.1, 0.15) is 24.4 Å². The Labute approximate surface area is 116 Å². The SMILES string of the molecule is CC(O)c1ccc(-c2cc(C(F)(F)F)ccc2Br)o1. The molecule has 2 rings (SSSR count). The molecule has 0 aliphatic heterocycles. The van der Waals surface area contributed by atoms with E-state index in [1.54, 1.807) is 0 Å².